The molecule has 5 nitrogen and oxygen atoms in total. The molecule has 1 unspecified atom stereocenters. The molecule has 1 amide bonds. The Morgan fingerprint density at radius 3 is 2.65 bits per heavy atom. The molecule has 118 valence electrons. The van der Waals surface area contributed by atoms with Crippen LogP contribution in [0.1, 0.15) is 17.0 Å². The van der Waals surface area contributed by atoms with Gasteiger partial charge in [-0.25, -0.2) is 0 Å². The van der Waals surface area contributed by atoms with Gasteiger partial charge in [0.2, 0.25) is 5.91 Å². The smallest absolute Gasteiger partial charge is 0.237 e. The highest BCUT2D eigenvalue weighted by atomic mass is 16.5. The second-order valence-corrected chi connectivity index (χ2v) is 5.32. The zero-order chi connectivity index (χ0) is 16.4. The van der Waals surface area contributed by atoms with E-state index in [9.17, 15) is 4.79 Å². The first-order chi connectivity index (χ1) is 11.1. The van der Waals surface area contributed by atoms with Gasteiger partial charge in [0.15, 0.2) is 11.5 Å². The minimum atomic E-state index is -0.376. The number of hydrogen-bond acceptors (Lipinski definition) is 4. The summed E-state index contributed by atoms with van der Waals surface area (Å²) in [6, 6.07) is 11.2. The highest BCUT2D eigenvalue weighted by Crippen LogP contribution is 2.35. The fourth-order valence-corrected chi connectivity index (χ4v) is 2.75. The summed E-state index contributed by atoms with van der Waals surface area (Å²) in [5, 5.41) is 2.89. The molecule has 1 atom stereocenters. The summed E-state index contributed by atoms with van der Waals surface area (Å²) in [6.45, 7) is 2.00. The monoisotopic (exact) mass is 310 g/mol. The van der Waals surface area contributed by atoms with Crippen LogP contribution in [0.25, 0.3) is 0 Å². The van der Waals surface area contributed by atoms with Crippen molar-refractivity contribution in [1.29, 1.82) is 0 Å². The van der Waals surface area contributed by atoms with Gasteiger partial charge in [-0.05, 0) is 36.2 Å². The van der Waals surface area contributed by atoms with E-state index >= 15 is 0 Å². The van der Waals surface area contributed by atoms with Crippen molar-refractivity contribution in [3.05, 3.63) is 47.5 Å². The summed E-state index contributed by atoms with van der Waals surface area (Å²) in [5.41, 5.74) is 3.63. The van der Waals surface area contributed by atoms with Crippen LogP contribution in [0.5, 0.6) is 11.5 Å². The second kappa shape index (κ2) is 6.12. The minimum absolute atomic E-state index is 0.0569. The third-order valence-electron chi connectivity index (χ3n) is 3.92. The number of carbonyl (C=O) groups excluding carboxylic acids is 1. The Morgan fingerprint density at radius 1 is 1.13 bits per heavy atom. The van der Waals surface area contributed by atoms with Crippen LogP contribution in [-0.2, 0) is 4.79 Å². The lowest BCUT2D eigenvalue weighted by molar-refractivity contribution is -0.115. The first kappa shape index (κ1) is 15.1. The Kier molecular flexibility index (Phi) is 4.02. The predicted molar refractivity (Wildman–Crippen MR) is 90.2 cm³/mol. The van der Waals surface area contributed by atoms with E-state index in [0.29, 0.717) is 17.2 Å². The molecule has 23 heavy (non-hydrogen) atoms. The van der Waals surface area contributed by atoms with Crippen LogP contribution in [-0.4, -0.2) is 26.3 Å². The first-order valence-electron chi connectivity index (χ1n) is 7.30. The minimum Gasteiger partial charge on any atom is -0.493 e. The second-order valence-electron chi connectivity index (χ2n) is 5.32. The Hall–Kier alpha value is -2.82. The van der Waals surface area contributed by atoms with Crippen LogP contribution in [0, 0.1) is 6.92 Å². The predicted octanol–water partition coefficient (Wildman–Crippen LogP) is 3.45. The number of aryl methyl sites for hydroxylation is 1. The number of nitrogens with one attached hydrogen (secondary N) is 1. The number of anilines is 1. The average Bonchev–Trinajstić information content (AvgIpc) is 2.89. The molecule has 5 heteroatoms. The van der Waals surface area contributed by atoms with Gasteiger partial charge in [0.1, 0.15) is 5.92 Å². The summed E-state index contributed by atoms with van der Waals surface area (Å²) in [4.78, 5) is 16.6. The van der Waals surface area contributed by atoms with Gasteiger partial charge in [0, 0.05) is 18.0 Å². The van der Waals surface area contributed by atoms with Crippen molar-refractivity contribution in [1.82, 2.24) is 0 Å². The Balaban J connectivity index is 1.91. The fourth-order valence-electron chi connectivity index (χ4n) is 2.75. The van der Waals surface area contributed by atoms with Crippen molar-refractivity contribution >= 4 is 23.5 Å². The van der Waals surface area contributed by atoms with Gasteiger partial charge in [0.05, 0.1) is 19.9 Å². The molecule has 0 spiro atoms. The molecule has 2 aromatic carbocycles. The lowest BCUT2D eigenvalue weighted by atomic mass is 9.97. The number of hydrogen-bond donors (Lipinski definition) is 1. The average molecular weight is 310 g/mol. The number of ether oxygens (including phenoxy) is 2. The van der Waals surface area contributed by atoms with E-state index < -0.39 is 0 Å². The number of benzene rings is 2. The highest BCUT2D eigenvalue weighted by Gasteiger charge is 2.30. The molecule has 1 N–H and O–H groups in total. The molecular formula is C18H18N2O3. The lowest BCUT2D eigenvalue weighted by Crippen LogP contribution is -2.13. The molecule has 2 aromatic rings. The van der Waals surface area contributed by atoms with Crippen LogP contribution in [0.15, 0.2) is 41.4 Å². The van der Waals surface area contributed by atoms with Crippen molar-refractivity contribution < 1.29 is 14.3 Å². The number of fused-ring (bicyclic) bond motifs is 1. The normalized spacial score (nSPS) is 16.3. The summed E-state index contributed by atoms with van der Waals surface area (Å²) in [7, 11) is 3.17. The van der Waals surface area contributed by atoms with Gasteiger partial charge in [-0.2, -0.15) is 0 Å². The Labute approximate surface area is 135 Å². The van der Waals surface area contributed by atoms with Gasteiger partial charge in [0.25, 0.3) is 0 Å². The first-order valence-corrected chi connectivity index (χ1v) is 7.30. The standard InChI is InChI=1S/C18H18N2O3/c1-11-5-4-6-14-17(11)13(18(21)20-14)10-19-12-7-8-15(22-2)16(9-12)23-3/h4-10,13H,1-3H3,(H,20,21). The number of methoxy groups -OCH3 is 2. The molecule has 0 bridgehead atoms. The third kappa shape index (κ3) is 2.77. The van der Waals surface area contributed by atoms with Crippen LogP contribution in [0.3, 0.4) is 0 Å². The van der Waals surface area contributed by atoms with Crippen molar-refractivity contribution in [2.75, 3.05) is 19.5 Å². The Bertz CT molecular complexity index is 784. The topological polar surface area (TPSA) is 59.9 Å². The Morgan fingerprint density at radius 2 is 1.91 bits per heavy atom. The van der Waals surface area contributed by atoms with Gasteiger partial charge >= 0.3 is 0 Å². The van der Waals surface area contributed by atoms with Crippen molar-refractivity contribution in [2.24, 2.45) is 4.99 Å². The SMILES string of the molecule is COc1ccc(N=CC2C(=O)Nc3cccc(C)c32)cc1OC. The van der Waals surface area contributed by atoms with E-state index in [1.807, 2.05) is 31.2 Å². The molecule has 0 radical (unpaired) electrons. The van der Waals surface area contributed by atoms with Crippen molar-refractivity contribution in [2.45, 2.75) is 12.8 Å². The van der Waals surface area contributed by atoms with Crippen molar-refractivity contribution in [3.63, 3.8) is 0 Å². The van der Waals surface area contributed by atoms with E-state index in [1.165, 1.54) is 0 Å². The number of aliphatic imine (C=N–C) groups is 1. The molecule has 0 fully saturated rings. The summed E-state index contributed by atoms with van der Waals surface area (Å²) < 4.78 is 10.5. The number of amides is 1. The molecular weight excluding hydrogens is 292 g/mol. The van der Waals surface area contributed by atoms with E-state index in [4.69, 9.17) is 9.47 Å². The van der Waals surface area contributed by atoms with Crippen LogP contribution < -0.4 is 14.8 Å². The molecule has 0 aromatic heterocycles. The molecule has 0 saturated heterocycles. The van der Waals surface area contributed by atoms with Gasteiger partial charge in [-0.3, -0.25) is 9.79 Å². The molecule has 1 aliphatic heterocycles. The fraction of sp³-hybridized carbons (Fsp3) is 0.222. The lowest BCUT2D eigenvalue weighted by Gasteiger charge is -2.08. The van der Waals surface area contributed by atoms with Crippen molar-refractivity contribution in [3.8, 4) is 11.5 Å². The quantitative estimate of drug-likeness (QED) is 0.880. The maximum Gasteiger partial charge on any atom is 0.237 e. The maximum atomic E-state index is 12.2. The van der Waals surface area contributed by atoms with Gasteiger partial charge in [-0.1, -0.05) is 12.1 Å². The number of carbonyl (C=O) groups is 1. The zero-order valence-electron chi connectivity index (χ0n) is 13.3. The summed E-state index contributed by atoms with van der Waals surface area (Å²) >= 11 is 0. The van der Waals surface area contributed by atoms with E-state index in [-0.39, 0.29) is 11.8 Å². The van der Waals surface area contributed by atoms with E-state index in [2.05, 4.69) is 10.3 Å². The molecule has 3 rings (SSSR count). The largest absolute Gasteiger partial charge is 0.493 e. The van der Waals surface area contributed by atoms with Gasteiger partial charge < -0.3 is 14.8 Å². The zero-order valence-corrected chi connectivity index (χ0v) is 13.3. The van der Waals surface area contributed by atoms with Crippen LogP contribution >= 0.6 is 0 Å². The van der Waals surface area contributed by atoms with Crippen LogP contribution in [0.4, 0.5) is 11.4 Å². The summed E-state index contributed by atoms with van der Waals surface area (Å²) in [6.07, 6.45) is 1.68. The van der Waals surface area contributed by atoms with E-state index in [0.717, 1.165) is 16.8 Å². The summed E-state index contributed by atoms with van der Waals surface area (Å²) in [5.74, 6) is 0.818. The molecule has 0 saturated carbocycles. The highest BCUT2D eigenvalue weighted by molar-refractivity contribution is 6.13. The molecule has 1 heterocycles. The third-order valence-corrected chi connectivity index (χ3v) is 3.92. The van der Waals surface area contributed by atoms with Crippen LogP contribution in [0.2, 0.25) is 0 Å². The molecule has 1 aliphatic rings. The number of rotatable bonds is 4. The number of nitrogens with zero attached hydrogens (tertiary/aromatic N) is 1. The molecule has 0 aliphatic carbocycles. The van der Waals surface area contributed by atoms with Gasteiger partial charge in [-0.15, -0.1) is 0 Å². The van der Waals surface area contributed by atoms with E-state index in [1.54, 1.807) is 32.6 Å². The maximum absolute atomic E-state index is 12.2.